The summed E-state index contributed by atoms with van der Waals surface area (Å²) in [5.41, 5.74) is 1.84. The summed E-state index contributed by atoms with van der Waals surface area (Å²) in [6, 6.07) is 16.5. The van der Waals surface area contributed by atoms with Gasteiger partial charge in [0.2, 0.25) is 0 Å². The number of rotatable bonds is 7. The molecule has 28 heavy (non-hydrogen) atoms. The molecule has 0 saturated carbocycles. The van der Waals surface area contributed by atoms with Gasteiger partial charge in [-0.2, -0.15) is 0 Å². The van der Waals surface area contributed by atoms with Crippen LogP contribution in [0.15, 0.2) is 60.7 Å². The summed E-state index contributed by atoms with van der Waals surface area (Å²) in [5, 5.41) is 12.7. The molecule has 0 heterocycles. The van der Waals surface area contributed by atoms with Crippen molar-refractivity contribution in [2.75, 3.05) is 5.32 Å². The van der Waals surface area contributed by atoms with Crippen LogP contribution >= 0.6 is 23.2 Å². The lowest BCUT2D eigenvalue weighted by molar-refractivity contribution is 0.0697. The van der Waals surface area contributed by atoms with Gasteiger partial charge in [-0.25, -0.2) is 9.18 Å². The van der Waals surface area contributed by atoms with Crippen LogP contribution in [0.3, 0.4) is 0 Å². The van der Waals surface area contributed by atoms with Gasteiger partial charge in [0.05, 0.1) is 15.6 Å². The molecule has 3 aromatic carbocycles. The monoisotopic (exact) mass is 419 g/mol. The standard InChI is InChI=1S/C21H16Cl2FNO3/c22-17-5-3-6-19(24)16(17)12-28-20-7-2-1-4-13(20)11-25-14-8-9-15(21(26)27)18(23)10-14/h1-10,25H,11-12H2,(H,26,27). The van der Waals surface area contributed by atoms with E-state index in [4.69, 9.17) is 33.0 Å². The largest absolute Gasteiger partial charge is 0.488 e. The third-order valence-corrected chi connectivity index (χ3v) is 4.76. The minimum atomic E-state index is -1.08. The zero-order valence-corrected chi connectivity index (χ0v) is 16.1. The minimum absolute atomic E-state index is 0.00164. The molecule has 2 N–H and O–H groups in total. The Balaban J connectivity index is 1.70. The second-order valence-corrected chi connectivity index (χ2v) is 6.76. The van der Waals surface area contributed by atoms with Crippen molar-refractivity contribution >= 4 is 34.9 Å². The highest BCUT2D eigenvalue weighted by molar-refractivity contribution is 6.33. The highest BCUT2D eigenvalue weighted by Gasteiger charge is 2.11. The number of carbonyl (C=O) groups is 1. The number of para-hydroxylation sites is 1. The minimum Gasteiger partial charge on any atom is -0.488 e. The molecule has 0 radical (unpaired) electrons. The maximum Gasteiger partial charge on any atom is 0.337 e. The molecule has 0 aromatic heterocycles. The van der Waals surface area contributed by atoms with Crippen molar-refractivity contribution in [3.05, 3.63) is 93.2 Å². The molecule has 0 aliphatic heterocycles. The molecule has 0 aliphatic carbocycles. The number of halogens is 3. The Bertz CT molecular complexity index is 990. The van der Waals surface area contributed by atoms with Gasteiger partial charge in [-0.15, -0.1) is 0 Å². The van der Waals surface area contributed by atoms with Gasteiger partial charge in [-0.1, -0.05) is 47.5 Å². The van der Waals surface area contributed by atoms with Crippen molar-refractivity contribution in [1.82, 2.24) is 0 Å². The van der Waals surface area contributed by atoms with Crippen LogP contribution in [-0.2, 0) is 13.2 Å². The Morgan fingerprint density at radius 1 is 1.04 bits per heavy atom. The SMILES string of the molecule is O=C(O)c1ccc(NCc2ccccc2OCc2c(F)cccc2Cl)cc1Cl. The van der Waals surface area contributed by atoms with Gasteiger partial charge < -0.3 is 15.2 Å². The van der Waals surface area contributed by atoms with Crippen molar-refractivity contribution in [3.8, 4) is 5.75 Å². The number of carboxylic acids is 1. The summed E-state index contributed by atoms with van der Waals surface area (Å²) >= 11 is 12.0. The number of hydrogen-bond donors (Lipinski definition) is 2. The zero-order valence-electron chi connectivity index (χ0n) is 14.6. The topological polar surface area (TPSA) is 58.6 Å². The van der Waals surface area contributed by atoms with Gasteiger partial charge >= 0.3 is 5.97 Å². The van der Waals surface area contributed by atoms with E-state index >= 15 is 0 Å². The fourth-order valence-electron chi connectivity index (χ4n) is 2.61. The third-order valence-electron chi connectivity index (χ3n) is 4.09. The summed E-state index contributed by atoms with van der Waals surface area (Å²) in [6.45, 7) is 0.408. The summed E-state index contributed by atoms with van der Waals surface area (Å²) in [4.78, 5) is 11.0. The molecule has 0 saturated heterocycles. The van der Waals surface area contributed by atoms with E-state index in [2.05, 4.69) is 5.32 Å². The lowest BCUT2D eigenvalue weighted by Crippen LogP contribution is -2.05. The van der Waals surface area contributed by atoms with Gasteiger partial charge in [-0.3, -0.25) is 0 Å². The number of hydrogen-bond acceptors (Lipinski definition) is 3. The fourth-order valence-corrected chi connectivity index (χ4v) is 3.09. The predicted octanol–water partition coefficient (Wildman–Crippen LogP) is 6.02. The lowest BCUT2D eigenvalue weighted by atomic mass is 10.1. The van der Waals surface area contributed by atoms with E-state index < -0.39 is 11.8 Å². The maximum atomic E-state index is 13.9. The summed E-state index contributed by atoms with van der Waals surface area (Å²) in [6.07, 6.45) is 0. The van der Waals surface area contributed by atoms with E-state index in [0.717, 1.165) is 5.56 Å². The Morgan fingerprint density at radius 2 is 1.82 bits per heavy atom. The van der Waals surface area contributed by atoms with Crippen LogP contribution in [0, 0.1) is 5.82 Å². The second kappa shape index (κ2) is 8.95. The first-order chi connectivity index (χ1) is 13.5. The maximum absolute atomic E-state index is 13.9. The molecule has 7 heteroatoms. The Kier molecular flexibility index (Phi) is 6.39. The molecule has 0 bridgehead atoms. The third kappa shape index (κ3) is 4.74. The summed E-state index contributed by atoms with van der Waals surface area (Å²) < 4.78 is 19.7. The average molecular weight is 420 g/mol. The van der Waals surface area contributed by atoms with Crippen molar-refractivity contribution in [2.45, 2.75) is 13.2 Å². The van der Waals surface area contributed by atoms with Crippen LogP contribution in [0.25, 0.3) is 0 Å². The summed E-state index contributed by atoms with van der Waals surface area (Å²) in [5.74, 6) is -0.916. The first-order valence-electron chi connectivity index (χ1n) is 8.36. The molecule has 0 fully saturated rings. The van der Waals surface area contributed by atoms with Crippen LogP contribution in [0.2, 0.25) is 10.0 Å². The molecule has 4 nitrogen and oxygen atoms in total. The van der Waals surface area contributed by atoms with Crippen LogP contribution in [-0.4, -0.2) is 11.1 Å². The van der Waals surface area contributed by atoms with E-state index in [1.54, 1.807) is 30.3 Å². The van der Waals surface area contributed by atoms with Gasteiger partial charge in [0.25, 0.3) is 0 Å². The van der Waals surface area contributed by atoms with E-state index in [0.29, 0.717) is 28.6 Å². The molecule has 0 spiro atoms. The lowest BCUT2D eigenvalue weighted by Gasteiger charge is -2.14. The number of anilines is 1. The second-order valence-electron chi connectivity index (χ2n) is 5.95. The van der Waals surface area contributed by atoms with E-state index in [-0.39, 0.29) is 17.2 Å². The van der Waals surface area contributed by atoms with Crippen molar-refractivity contribution in [1.29, 1.82) is 0 Å². The Morgan fingerprint density at radius 3 is 2.54 bits per heavy atom. The highest BCUT2D eigenvalue weighted by atomic mass is 35.5. The summed E-state index contributed by atoms with van der Waals surface area (Å²) in [7, 11) is 0. The first kappa shape index (κ1) is 20.0. The van der Waals surface area contributed by atoms with Crippen molar-refractivity contribution in [2.24, 2.45) is 0 Å². The Hall–Kier alpha value is -2.76. The first-order valence-corrected chi connectivity index (χ1v) is 9.11. The molecule has 144 valence electrons. The number of nitrogens with one attached hydrogen (secondary N) is 1. The van der Waals surface area contributed by atoms with E-state index in [1.165, 1.54) is 12.1 Å². The van der Waals surface area contributed by atoms with Crippen LogP contribution in [0.1, 0.15) is 21.5 Å². The van der Waals surface area contributed by atoms with Gasteiger partial charge in [0.15, 0.2) is 0 Å². The van der Waals surface area contributed by atoms with E-state index in [9.17, 15) is 9.18 Å². The molecular weight excluding hydrogens is 404 g/mol. The molecule has 0 aliphatic rings. The van der Waals surface area contributed by atoms with Gasteiger partial charge in [0.1, 0.15) is 18.2 Å². The van der Waals surface area contributed by atoms with Crippen molar-refractivity contribution < 1.29 is 19.0 Å². The predicted molar refractivity (Wildman–Crippen MR) is 108 cm³/mol. The molecular formula is C21H16Cl2FNO3. The average Bonchev–Trinajstić information content (AvgIpc) is 2.66. The number of ether oxygens (including phenoxy) is 1. The van der Waals surface area contributed by atoms with Gasteiger partial charge in [-0.05, 0) is 36.4 Å². The van der Waals surface area contributed by atoms with Crippen LogP contribution < -0.4 is 10.1 Å². The smallest absolute Gasteiger partial charge is 0.337 e. The number of benzene rings is 3. The molecule has 0 amide bonds. The molecule has 0 unspecified atom stereocenters. The van der Waals surface area contributed by atoms with E-state index in [1.807, 2.05) is 18.2 Å². The fraction of sp³-hybridized carbons (Fsp3) is 0.0952. The quantitative estimate of drug-likeness (QED) is 0.491. The zero-order chi connectivity index (χ0) is 20.1. The van der Waals surface area contributed by atoms with Crippen molar-refractivity contribution in [3.63, 3.8) is 0 Å². The molecule has 3 aromatic rings. The van der Waals surface area contributed by atoms with Crippen LogP contribution in [0.5, 0.6) is 5.75 Å². The Labute approximate surface area is 171 Å². The normalized spacial score (nSPS) is 10.5. The number of carboxylic acid groups (broad SMARTS) is 1. The highest BCUT2D eigenvalue weighted by Crippen LogP contribution is 2.26. The molecule has 3 rings (SSSR count). The van der Waals surface area contributed by atoms with Crippen LogP contribution in [0.4, 0.5) is 10.1 Å². The van der Waals surface area contributed by atoms with Gasteiger partial charge in [0, 0.05) is 23.4 Å². The molecule has 0 atom stereocenters. The number of aromatic carboxylic acids is 1.